The summed E-state index contributed by atoms with van der Waals surface area (Å²) in [5, 5.41) is 0. The third-order valence-corrected chi connectivity index (χ3v) is 4.90. The van der Waals surface area contributed by atoms with Crippen molar-refractivity contribution in [1.82, 2.24) is 4.90 Å². The third kappa shape index (κ3) is 3.47. The van der Waals surface area contributed by atoms with Crippen LogP contribution in [0.2, 0.25) is 0 Å². The summed E-state index contributed by atoms with van der Waals surface area (Å²) in [4.78, 5) is 14.5. The molecule has 2 nitrogen and oxygen atoms in total. The summed E-state index contributed by atoms with van der Waals surface area (Å²) in [6.45, 7) is 4.06. The smallest absolute Gasteiger partial charge is 0.254 e. The quantitative estimate of drug-likeness (QED) is 0.618. The van der Waals surface area contributed by atoms with Crippen molar-refractivity contribution >= 4 is 44.4 Å². The summed E-state index contributed by atoms with van der Waals surface area (Å²) in [6.07, 6.45) is 3.48. The van der Waals surface area contributed by atoms with Gasteiger partial charge in [-0.2, -0.15) is 0 Å². The first kappa shape index (κ1) is 14.3. The van der Waals surface area contributed by atoms with Gasteiger partial charge >= 0.3 is 0 Å². The largest absolute Gasteiger partial charge is 0.339 e. The number of nitrogens with zero attached hydrogens (tertiary/aromatic N) is 1. The summed E-state index contributed by atoms with van der Waals surface area (Å²) in [5.41, 5.74) is 0.819. The first-order valence-electron chi connectivity index (χ1n) is 6.32. The first-order chi connectivity index (χ1) is 8.58. The van der Waals surface area contributed by atoms with Crippen molar-refractivity contribution in [2.45, 2.75) is 26.2 Å². The lowest BCUT2D eigenvalue weighted by molar-refractivity contribution is 0.0759. The molecule has 1 heterocycles. The molecule has 0 N–H and O–H groups in total. The van der Waals surface area contributed by atoms with Crippen LogP contribution in [0, 0.1) is 9.49 Å². The Hall–Kier alpha value is -0.100. The summed E-state index contributed by atoms with van der Waals surface area (Å²) in [6, 6.07) is 5.89. The van der Waals surface area contributed by atoms with Gasteiger partial charge in [-0.3, -0.25) is 4.79 Å². The number of carbonyl (C=O) groups is 1. The number of rotatable bonds is 1. The van der Waals surface area contributed by atoms with E-state index in [1.54, 1.807) is 0 Å². The van der Waals surface area contributed by atoms with Gasteiger partial charge in [-0.05, 0) is 66.0 Å². The molecule has 0 aromatic heterocycles. The SMILES string of the molecule is CC1CCCN(C(=O)c2cc(Br)ccc2I)CC1. The zero-order valence-electron chi connectivity index (χ0n) is 10.5. The van der Waals surface area contributed by atoms with Gasteiger partial charge in [-0.1, -0.05) is 22.9 Å². The van der Waals surface area contributed by atoms with E-state index in [4.69, 9.17) is 0 Å². The number of hydrogen-bond donors (Lipinski definition) is 0. The van der Waals surface area contributed by atoms with Crippen LogP contribution in [0.3, 0.4) is 0 Å². The monoisotopic (exact) mass is 421 g/mol. The lowest BCUT2D eigenvalue weighted by atomic mass is 10.0. The van der Waals surface area contributed by atoms with Crippen LogP contribution in [0.25, 0.3) is 0 Å². The van der Waals surface area contributed by atoms with Crippen LogP contribution in [0.4, 0.5) is 0 Å². The zero-order chi connectivity index (χ0) is 13.1. The van der Waals surface area contributed by atoms with Crippen molar-refractivity contribution in [1.29, 1.82) is 0 Å². The Kier molecular flexibility index (Phi) is 5.06. The molecule has 1 aromatic rings. The van der Waals surface area contributed by atoms with Crippen molar-refractivity contribution in [3.05, 3.63) is 31.8 Å². The molecule has 1 aromatic carbocycles. The van der Waals surface area contributed by atoms with E-state index in [9.17, 15) is 4.79 Å². The molecule has 1 saturated heterocycles. The van der Waals surface area contributed by atoms with E-state index < -0.39 is 0 Å². The molecular weight excluding hydrogens is 405 g/mol. The van der Waals surface area contributed by atoms with Crippen LogP contribution in [-0.4, -0.2) is 23.9 Å². The fourth-order valence-electron chi connectivity index (χ4n) is 2.30. The second-order valence-corrected chi connectivity index (χ2v) is 7.03. The highest BCUT2D eigenvalue weighted by Crippen LogP contribution is 2.22. The molecule has 2 rings (SSSR count). The number of halogens is 2. The molecule has 4 heteroatoms. The normalized spacial score (nSPS) is 20.6. The molecule has 0 saturated carbocycles. The second kappa shape index (κ2) is 6.37. The molecule has 1 aliphatic rings. The van der Waals surface area contributed by atoms with Gasteiger partial charge in [0.25, 0.3) is 5.91 Å². The van der Waals surface area contributed by atoms with Gasteiger partial charge in [0, 0.05) is 21.1 Å². The maximum atomic E-state index is 12.5. The summed E-state index contributed by atoms with van der Waals surface area (Å²) < 4.78 is 1.99. The number of amides is 1. The van der Waals surface area contributed by atoms with E-state index in [1.165, 1.54) is 6.42 Å². The van der Waals surface area contributed by atoms with E-state index in [0.717, 1.165) is 45.5 Å². The Balaban J connectivity index is 2.17. The summed E-state index contributed by atoms with van der Waals surface area (Å²) in [7, 11) is 0. The third-order valence-electron chi connectivity index (χ3n) is 3.46. The molecule has 0 bridgehead atoms. The van der Waals surface area contributed by atoms with E-state index in [2.05, 4.69) is 45.4 Å². The Morgan fingerprint density at radius 2 is 2.17 bits per heavy atom. The molecule has 0 radical (unpaired) electrons. The highest BCUT2D eigenvalue weighted by Gasteiger charge is 2.21. The molecule has 1 aliphatic heterocycles. The van der Waals surface area contributed by atoms with Crippen molar-refractivity contribution in [3.8, 4) is 0 Å². The Morgan fingerprint density at radius 1 is 1.39 bits per heavy atom. The minimum atomic E-state index is 0.176. The van der Waals surface area contributed by atoms with Crippen LogP contribution < -0.4 is 0 Å². The van der Waals surface area contributed by atoms with E-state index in [1.807, 2.05) is 23.1 Å². The number of likely N-dealkylation sites (tertiary alicyclic amines) is 1. The second-order valence-electron chi connectivity index (χ2n) is 4.95. The minimum absolute atomic E-state index is 0.176. The molecule has 1 unspecified atom stereocenters. The van der Waals surface area contributed by atoms with Crippen LogP contribution in [0.5, 0.6) is 0 Å². The lowest BCUT2D eigenvalue weighted by Crippen LogP contribution is -2.32. The number of benzene rings is 1. The maximum absolute atomic E-state index is 12.5. The number of hydrogen-bond acceptors (Lipinski definition) is 1. The Labute approximate surface area is 130 Å². The molecule has 0 aliphatic carbocycles. The van der Waals surface area contributed by atoms with Crippen molar-refractivity contribution in [2.75, 3.05) is 13.1 Å². The zero-order valence-corrected chi connectivity index (χ0v) is 14.2. The topological polar surface area (TPSA) is 20.3 Å². The average Bonchev–Trinajstić information content (AvgIpc) is 2.56. The highest BCUT2D eigenvalue weighted by atomic mass is 127. The van der Waals surface area contributed by atoms with E-state index in [-0.39, 0.29) is 5.91 Å². The summed E-state index contributed by atoms with van der Waals surface area (Å²) >= 11 is 5.67. The predicted molar refractivity (Wildman–Crippen MR) is 85.8 cm³/mol. The van der Waals surface area contributed by atoms with Crippen LogP contribution >= 0.6 is 38.5 Å². The first-order valence-corrected chi connectivity index (χ1v) is 8.19. The molecular formula is C14H17BrINO. The van der Waals surface area contributed by atoms with Gasteiger partial charge in [0.05, 0.1) is 5.56 Å². The molecule has 18 heavy (non-hydrogen) atoms. The van der Waals surface area contributed by atoms with Gasteiger partial charge in [0.15, 0.2) is 0 Å². The lowest BCUT2D eigenvalue weighted by Gasteiger charge is -2.21. The van der Waals surface area contributed by atoms with Crippen molar-refractivity contribution in [2.24, 2.45) is 5.92 Å². The van der Waals surface area contributed by atoms with Crippen molar-refractivity contribution in [3.63, 3.8) is 0 Å². The number of carbonyl (C=O) groups excluding carboxylic acids is 1. The van der Waals surface area contributed by atoms with E-state index >= 15 is 0 Å². The fraction of sp³-hybridized carbons (Fsp3) is 0.500. The highest BCUT2D eigenvalue weighted by molar-refractivity contribution is 14.1. The molecule has 1 atom stereocenters. The Bertz CT molecular complexity index is 449. The van der Waals surface area contributed by atoms with Crippen LogP contribution in [-0.2, 0) is 0 Å². The molecule has 0 spiro atoms. The predicted octanol–water partition coefficient (Wildman–Crippen LogP) is 4.32. The van der Waals surface area contributed by atoms with E-state index in [0.29, 0.717) is 0 Å². The summed E-state index contributed by atoms with van der Waals surface area (Å²) in [5.74, 6) is 0.916. The van der Waals surface area contributed by atoms with Gasteiger partial charge in [-0.15, -0.1) is 0 Å². The van der Waals surface area contributed by atoms with Crippen LogP contribution in [0.15, 0.2) is 22.7 Å². The molecule has 1 fully saturated rings. The van der Waals surface area contributed by atoms with Gasteiger partial charge in [0.1, 0.15) is 0 Å². The van der Waals surface area contributed by atoms with Crippen molar-refractivity contribution < 1.29 is 4.79 Å². The Morgan fingerprint density at radius 3 is 2.94 bits per heavy atom. The maximum Gasteiger partial charge on any atom is 0.254 e. The average molecular weight is 422 g/mol. The van der Waals surface area contributed by atoms with Gasteiger partial charge in [-0.25, -0.2) is 0 Å². The standard InChI is InChI=1S/C14H17BrINO/c1-10-3-2-7-17(8-6-10)14(18)12-9-11(15)4-5-13(12)16/h4-5,9-10H,2-3,6-8H2,1H3. The minimum Gasteiger partial charge on any atom is -0.339 e. The van der Waals surface area contributed by atoms with Gasteiger partial charge < -0.3 is 4.90 Å². The molecule has 1 amide bonds. The van der Waals surface area contributed by atoms with Gasteiger partial charge in [0.2, 0.25) is 0 Å². The molecule has 98 valence electrons. The fourth-order valence-corrected chi connectivity index (χ4v) is 3.23. The van der Waals surface area contributed by atoms with Crippen LogP contribution in [0.1, 0.15) is 36.5 Å².